The third kappa shape index (κ3) is 4.72. The first-order chi connectivity index (χ1) is 8.02. The second kappa shape index (κ2) is 6.58. The molecule has 0 spiro atoms. The molecule has 1 aromatic heterocycles. The molecular weight excluding hydrogens is 258 g/mol. The topological polar surface area (TPSA) is 65.8 Å². The zero-order chi connectivity index (χ0) is 12.8. The van der Waals surface area contributed by atoms with E-state index < -0.39 is 10.8 Å². The first kappa shape index (κ1) is 13.9. The molecule has 1 rings (SSSR count). The highest BCUT2D eigenvalue weighted by atomic mass is 35.5. The van der Waals surface area contributed by atoms with Crippen LogP contribution in [0, 0.1) is 11.3 Å². The zero-order valence-corrected chi connectivity index (χ0v) is 11.3. The molecule has 2 atom stereocenters. The molecular formula is C11H14ClN3OS. The molecule has 0 aromatic carbocycles. The predicted molar refractivity (Wildman–Crippen MR) is 70.6 cm³/mol. The molecule has 0 saturated heterocycles. The number of halogens is 1. The Labute approximate surface area is 108 Å². The molecule has 0 unspecified atom stereocenters. The van der Waals surface area contributed by atoms with Gasteiger partial charge in [-0.2, -0.15) is 5.26 Å². The van der Waals surface area contributed by atoms with Crippen molar-refractivity contribution in [2.75, 3.05) is 17.3 Å². The van der Waals surface area contributed by atoms with E-state index >= 15 is 0 Å². The molecule has 1 heterocycles. The molecule has 4 nitrogen and oxygen atoms in total. The quantitative estimate of drug-likeness (QED) is 0.891. The molecule has 1 N–H and O–H groups in total. The van der Waals surface area contributed by atoms with E-state index in [0.717, 1.165) is 6.42 Å². The van der Waals surface area contributed by atoms with Crippen LogP contribution in [0.1, 0.15) is 18.9 Å². The molecule has 17 heavy (non-hydrogen) atoms. The fourth-order valence-corrected chi connectivity index (χ4v) is 2.16. The average Bonchev–Trinajstić information content (AvgIpc) is 2.29. The van der Waals surface area contributed by atoms with Gasteiger partial charge in [-0.1, -0.05) is 11.6 Å². The van der Waals surface area contributed by atoms with E-state index in [9.17, 15) is 4.21 Å². The van der Waals surface area contributed by atoms with E-state index in [1.54, 1.807) is 12.3 Å². The number of rotatable bonds is 5. The highest BCUT2D eigenvalue weighted by Gasteiger charge is 2.08. The van der Waals surface area contributed by atoms with E-state index in [0.29, 0.717) is 22.2 Å². The van der Waals surface area contributed by atoms with Gasteiger partial charge in [-0.15, -0.1) is 0 Å². The van der Waals surface area contributed by atoms with Gasteiger partial charge in [0.25, 0.3) is 0 Å². The van der Waals surface area contributed by atoms with E-state index in [1.165, 1.54) is 6.20 Å². The van der Waals surface area contributed by atoms with Crippen molar-refractivity contribution >= 4 is 28.2 Å². The first-order valence-corrected chi connectivity index (χ1v) is 7.25. The Hall–Kier alpha value is -1.12. The summed E-state index contributed by atoms with van der Waals surface area (Å²) in [5, 5.41) is 12.2. The van der Waals surface area contributed by atoms with Gasteiger partial charge in [-0.05, 0) is 19.4 Å². The minimum atomic E-state index is -0.791. The summed E-state index contributed by atoms with van der Waals surface area (Å²) in [5.74, 6) is 1.20. The van der Waals surface area contributed by atoms with Gasteiger partial charge >= 0.3 is 0 Å². The molecule has 6 heteroatoms. The zero-order valence-electron chi connectivity index (χ0n) is 9.74. The molecule has 0 aliphatic rings. The Balaban J connectivity index is 2.62. The third-order valence-corrected chi connectivity index (χ3v) is 3.29. The van der Waals surface area contributed by atoms with Crippen molar-refractivity contribution in [3.05, 3.63) is 22.8 Å². The van der Waals surface area contributed by atoms with Gasteiger partial charge in [-0.25, -0.2) is 4.98 Å². The van der Waals surface area contributed by atoms with Crippen LogP contribution in [-0.2, 0) is 10.8 Å². The first-order valence-electron chi connectivity index (χ1n) is 5.15. The van der Waals surface area contributed by atoms with Gasteiger partial charge in [0.15, 0.2) is 0 Å². The van der Waals surface area contributed by atoms with Gasteiger partial charge in [-0.3, -0.25) is 4.21 Å². The summed E-state index contributed by atoms with van der Waals surface area (Å²) in [5.41, 5.74) is 0.433. The van der Waals surface area contributed by atoms with Crippen molar-refractivity contribution in [1.82, 2.24) is 4.98 Å². The van der Waals surface area contributed by atoms with Gasteiger partial charge in [0.05, 0.1) is 10.6 Å². The minimum Gasteiger partial charge on any atom is -0.366 e. The maximum Gasteiger partial charge on any atom is 0.145 e. The van der Waals surface area contributed by atoms with Crippen molar-refractivity contribution in [1.29, 1.82) is 5.26 Å². The fraction of sp³-hybridized carbons (Fsp3) is 0.455. The smallest absolute Gasteiger partial charge is 0.145 e. The summed E-state index contributed by atoms with van der Waals surface area (Å²) >= 11 is 5.98. The molecule has 0 radical (unpaired) electrons. The van der Waals surface area contributed by atoms with Crippen LogP contribution in [0.15, 0.2) is 12.3 Å². The number of hydrogen-bond acceptors (Lipinski definition) is 4. The molecule has 0 saturated carbocycles. The number of nitrogens with zero attached hydrogens (tertiary/aromatic N) is 2. The summed E-state index contributed by atoms with van der Waals surface area (Å²) in [4.78, 5) is 4.07. The summed E-state index contributed by atoms with van der Waals surface area (Å²) in [7, 11) is -0.791. The number of hydrogen-bond donors (Lipinski definition) is 1. The van der Waals surface area contributed by atoms with Crippen LogP contribution >= 0.6 is 11.6 Å². The van der Waals surface area contributed by atoms with Crippen LogP contribution in [0.5, 0.6) is 0 Å². The van der Waals surface area contributed by atoms with E-state index in [1.807, 2.05) is 13.0 Å². The Morgan fingerprint density at radius 2 is 2.41 bits per heavy atom. The van der Waals surface area contributed by atoms with Crippen molar-refractivity contribution in [2.45, 2.75) is 19.4 Å². The van der Waals surface area contributed by atoms with Crippen LogP contribution in [0.2, 0.25) is 5.02 Å². The molecule has 0 bridgehead atoms. The van der Waals surface area contributed by atoms with Gasteiger partial charge in [0, 0.05) is 35.0 Å². The monoisotopic (exact) mass is 271 g/mol. The number of anilines is 1. The molecule has 0 amide bonds. The van der Waals surface area contributed by atoms with Crippen LogP contribution < -0.4 is 5.32 Å². The summed E-state index contributed by atoms with van der Waals surface area (Å²) in [6.07, 6.45) is 3.93. The maximum absolute atomic E-state index is 11.0. The SMILES string of the molecule is C[C@@H](CC[S@@](C)=O)Nc1ncc(C#N)cc1Cl. The Morgan fingerprint density at radius 1 is 1.71 bits per heavy atom. The van der Waals surface area contributed by atoms with Crippen molar-refractivity contribution in [2.24, 2.45) is 0 Å². The second-order valence-corrected chi connectivity index (χ2v) is 5.74. The molecule has 0 aliphatic heterocycles. The van der Waals surface area contributed by atoms with E-state index in [4.69, 9.17) is 16.9 Å². The Kier molecular flexibility index (Phi) is 5.39. The largest absolute Gasteiger partial charge is 0.366 e. The number of nitrogens with one attached hydrogen (secondary N) is 1. The van der Waals surface area contributed by atoms with E-state index in [2.05, 4.69) is 10.3 Å². The van der Waals surface area contributed by atoms with Crippen LogP contribution in [-0.4, -0.2) is 27.2 Å². The third-order valence-electron chi connectivity index (χ3n) is 2.19. The standard InChI is InChI=1S/C11H14ClN3OS/c1-8(3-4-17(2)16)15-11-10(12)5-9(6-13)7-14-11/h5,7-8H,3-4H2,1-2H3,(H,14,15)/t8-,17+/m0/s1. The lowest BCUT2D eigenvalue weighted by molar-refractivity contribution is 0.678. The maximum atomic E-state index is 11.0. The fourth-order valence-electron chi connectivity index (χ4n) is 1.25. The molecule has 1 aromatic rings. The van der Waals surface area contributed by atoms with Crippen molar-refractivity contribution in [3.8, 4) is 6.07 Å². The predicted octanol–water partition coefficient (Wildman–Crippen LogP) is 2.18. The Morgan fingerprint density at radius 3 is 2.94 bits per heavy atom. The molecule has 0 fully saturated rings. The molecule has 92 valence electrons. The molecule has 0 aliphatic carbocycles. The van der Waals surface area contributed by atoms with Crippen LogP contribution in [0.25, 0.3) is 0 Å². The lowest BCUT2D eigenvalue weighted by Crippen LogP contribution is -2.18. The summed E-state index contributed by atoms with van der Waals surface area (Å²) in [6, 6.07) is 3.68. The second-order valence-electron chi connectivity index (χ2n) is 3.78. The summed E-state index contributed by atoms with van der Waals surface area (Å²) < 4.78 is 11.0. The normalized spacial score (nSPS) is 13.8. The van der Waals surface area contributed by atoms with Crippen molar-refractivity contribution < 1.29 is 4.21 Å². The van der Waals surface area contributed by atoms with Crippen molar-refractivity contribution in [3.63, 3.8) is 0 Å². The van der Waals surface area contributed by atoms with E-state index in [-0.39, 0.29) is 6.04 Å². The van der Waals surface area contributed by atoms with Gasteiger partial charge in [0.2, 0.25) is 0 Å². The van der Waals surface area contributed by atoms with Crippen LogP contribution in [0.3, 0.4) is 0 Å². The highest BCUT2D eigenvalue weighted by molar-refractivity contribution is 7.84. The lowest BCUT2D eigenvalue weighted by atomic mass is 10.2. The summed E-state index contributed by atoms with van der Waals surface area (Å²) in [6.45, 7) is 1.98. The average molecular weight is 272 g/mol. The van der Waals surface area contributed by atoms with Gasteiger partial charge < -0.3 is 5.32 Å². The number of aromatic nitrogens is 1. The highest BCUT2D eigenvalue weighted by Crippen LogP contribution is 2.20. The number of pyridine rings is 1. The Bertz CT molecular complexity index is 459. The lowest BCUT2D eigenvalue weighted by Gasteiger charge is -2.14. The van der Waals surface area contributed by atoms with Gasteiger partial charge in [0.1, 0.15) is 11.9 Å². The number of nitriles is 1. The van der Waals surface area contributed by atoms with Crippen LogP contribution in [0.4, 0.5) is 5.82 Å². The minimum absolute atomic E-state index is 0.136.